The Labute approximate surface area is 159 Å². The first-order valence-electron chi connectivity index (χ1n) is 8.60. The summed E-state index contributed by atoms with van der Waals surface area (Å²) in [7, 11) is 0. The van der Waals surface area contributed by atoms with Gasteiger partial charge in [0.2, 0.25) is 5.91 Å². The lowest BCUT2D eigenvalue weighted by Crippen LogP contribution is -2.51. The Hall–Kier alpha value is -3.04. The maximum absolute atomic E-state index is 12.4. The molecule has 0 bridgehead atoms. The fourth-order valence-corrected chi connectivity index (χ4v) is 3.34. The van der Waals surface area contributed by atoms with Gasteiger partial charge in [-0.05, 0) is 24.6 Å². The number of carboxylic acid groups (broad SMARTS) is 1. The summed E-state index contributed by atoms with van der Waals surface area (Å²) in [5.41, 5.74) is 1.98. The van der Waals surface area contributed by atoms with E-state index in [1.165, 1.54) is 28.9 Å². The summed E-state index contributed by atoms with van der Waals surface area (Å²) in [5, 5.41) is 13.5. The van der Waals surface area contributed by atoms with E-state index in [1.54, 1.807) is 25.1 Å². The molecule has 1 aliphatic heterocycles. The molecule has 2 aromatic rings. The molecule has 0 fully saturated rings. The van der Waals surface area contributed by atoms with Crippen molar-refractivity contribution >= 4 is 23.4 Å². The maximum atomic E-state index is 12.4. The number of halogens is 3. The van der Waals surface area contributed by atoms with Crippen molar-refractivity contribution < 1.29 is 27.9 Å². The topological polar surface area (TPSA) is 78.7 Å². The van der Waals surface area contributed by atoms with Gasteiger partial charge in [-0.15, -0.1) is 0 Å². The van der Waals surface area contributed by atoms with Crippen LogP contribution in [0, 0.1) is 0 Å². The van der Waals surface area contributed by atoms with Crippen molar-refractivity contribution in [2.75, 3.05) is 16.3 Å². The van der Waals surface area contributed by atoms with Crippen molar-refractivity contribution in [3.05, 3.63) is 30.6 Å². The second-order valence-electron chi connectivity index (χ2n) is 6.69. The normalized spacial score (nSPS) is 16.8. The molecule has 10 heteroatoms. The fraction of sp³-hybridized carbons (Fsp3) is 0.389. The lowest BCUT2D eigenvalue weighted by atomic mass is 10.0. The van der Waals surface area contributed by atoms with Gasteiger partial charge in [-0.2, -0.15) is 18.3 Å². The molecular formula is C18H19F3N4O3. The van der Waals surface area contributed by atoms with Crippen LogP contribution in [0.3, 0.4) is 0 Å². The van der Waals surface area contributed by atoms with E-state index in [2.05, 4.69) is 5.10 Å². The van der Waals surface area contributed by atoms with Crippen molar-refractivity contribution in [1.82, 2.24) is 9.78 Å². The minimum absolute atomic E-state index is 0.121. The van der Waals surface area contributed by atoms with Gasteiger partial charge in [-0.1, -0.05) is 6.07 Å². The lowest BCUT2D eigenvalue weighted by molar-refractivity contribution is -0.137. The number of hydrogen-bond donors (Lipinski definition) is 1. The van der Waals surface area contributed by atoms with E-state index in [9.17, 15) is 27.9 Å². The predicted octanol–water partition coefficient (Wildman–Crippen LogP) is 3.74. The Kier molecular flexibility index (Phi) is 5.05. The van der Waals surface area contributed by atoms with Gasteiger partial charge in [0, 0.05) is 31.8 Å². The van der Waals surface area contributed by atoms with E-state index >= 15 is 0 Å². The summed E-state index contributed by atoms with van der Waals surface area (Å²) in [6.45, 7) is 3.00. The van der Waals surface area contributed by atoms with Crippen LogP contribution in [0.15, 0.2) is 30.6 Å². The van der Waals surface area contributed by atoms with Gasteiger partial charge in [0.25, 0.3) is 0 Å². The van der Waals surface area contributed by atoms with E-state index in [4.69, 9.17) is 0 Å². The largest absolute Gasteiger partial charge is 0.465 e. The number of rotatable bonds is 3. The summed E-state index contributed by atoms with van der Waals surface area (Å²) in [5.74, 6) is -0.202. The number of alkyl halides is 3. The standard InChI is InChI=1S/C18H19F3N4O3/c1-11-9-24(17(27)28)16-7-13(3-4-15(16)25(11)12(2)26)14-8-22-23(10-14)6-5-18(19,20)21/h3-4,7-8,10-11H,5-6,9H2,1-2H3,(H,27,28)/t11-/m0/s1. The third-order valence-corrected chi connectivity index (χ3v) is 4.57. The zero-order chi connectivity index (χ0) is 20.6. The predicted molar refractivity (Wildman–Crippen MR) is 96.3 cm³/mol. The van der Waals surface area contributed by atoms with Gasteiger partial charge in [0.15, 0.2) is 0 Å². The van der Waals surface area contributed by atoms with Gasteiger partial charge >= 0.3 is 12.3 Å². The van der Waals surface area contributed by atoms with Crippen molar-refractivity contribution in [1.29, 1.82) is 0 Å². The van der Waals surface area contributed by atoms with Crippen LogP contribution < -0.4 is 9.80 Å². The average Bonchev–Trinajstić information content (AvgIpc) is 3.06. The molecule has 0 saturated heterocycles. The van der Waals surface area contributed by atoms with Crippen LogP contribution in [0.2, 0.25) is 0 Å². The zero-order valence-corrected chi connectivity index (χ0v) is 15.3. The molecule has 1 aliphatic rings. The van der Waals surface area contributed by atoms with E-state index in [-0.39, 0.29) is 25.0 Å². The molecule has 0 spiro atoms. The number of anilines is 2. The number of amides is 2. The molecule has 7 nitrogen and oxygen atoms in total. The third kappa shape index (κ3) is 3.95. The molecule has 3 rings (SSSR count). The highest BCUT2D eigenvalue weighted by Gasteiger charge is 2.33. The molecule has 1 aromatic heterocycles. The third-order valence-electron chi connectivity index (χ3n) is 4.57. The highest BCUT2D eigenvalue weighted by molar-refractivity contribution is 6.02. The second kappa shape index (κ2) is 7.17. The van der Waals surface area contributed by atoms with Crippen molar-refractivity contribution in [3.63, 3.8) is 0 Å². The SMILES string of the molecule is CC(=O)N1c2ccc(-c3cnn(CCC(F)(F)F)c3)cc2N(C(=O)O)C[C@@H]1C. The Balaban J connectivity index is 1.95. The number of fused-ring (bicyclic) bond motifs is 1. The van der Waals surface area contributed by atoms with Crippen LogP contribution >= 0.6 is 0 Å². The first-order chi connectivity index (χ1) is 13.1. The summed E-state index contributed by atoms with van der Waals surface area (Å²) >= 11 is 0. The van der Waals surface area contributed by atoms with Crippen LogP contribution in [0.1, 0.15) is 20.3 Å². The number of hydrogen-bond acceptors (Lipinski definition) is 3. The van der Waals surface area contributed by atoms with E-state index in [0.29, 0.717) is 22.5 Å². The Morgan fingerprint density at radius 1 is 1.25 bits per heavy atom. The molecule has 0 aliphatic carbocycles. The molecule has 0 unspecified atom stereocenters. The number of nitrogens with zero attached hydrogens (tertiary/aromatic N) is 4. The van der Waals surface area contributed by atoms with Crippen molar-refractivity contribution in [2.45, 2.75) is 39.0 Å². The summed E-state index contributed by atoms with van der Waals surface area (Å²) in [4.78, 5) is 26.4. The molecule has 2 amide bonds. The number of aromatic nitrogens is 2. The Morgan fingerprint density at radius 3 is 2.57 bits per heavy atom. The highest BCUT2D eigenvalue weighted by atomic mass is 19.4. The number of carbonyl (C=O) groups excluding carboxylic acids is 1. The maximum Gasteiger partial charge on any atom is 0.411 e. The van der Waals surface area contributed by atoms with Gasteiger partial charge in [-0.25, -0.2) is 4.79 Å². The molecule has 1 aromatic carbocycles. The average molecular weight is 396 g/mol. The van der Waals surface area contributed by atoms with Crippen molar-refractivity contribution in [3.8, 4) is 11.1 Å². The van der Waals surface area contributed by atoms with E-state index in [1.807, 2.05) is 0 Å². The van der Waals surface area contributed by atoms with Gasteiger partial charge in [0.05, 0.1) is 30.0 Å². The molecule has 1 atom stereocenters. The minimum Gasteiger partial charge on any atom is -0.465 e. The van der Waals surface area contributed by atoms with E-state index < -0.39 is 18.7 Å². The first-order valence-corrected chi connectivity index (χ1v) is 8.60. The monoisotopic (exact) mass is 396 g/mol. The first kappa shape index (κ1) is 19.7. The fourth-order valence-electron chi connectivity index (χ4n) is 3.34. The van der Waals surface area contributed by atoms with Gasteiger partial charge in [-0.3, -0.25) is 14.4 Å². The number of benzene rings is 1. The quantitative estimate of drug-likeness (QED) is 0.857. The zero-order valence-electron chi connectivity index (χ0n) is 15.3. The summed E-state index contributed by atoms with van der Waals surface area (Å²) < 4.78 is 38.3. The number of carbonyl (C=O) groups is 2. The molecule has 2 heterocycles. The van der Waals surface area contributed by atoms with E-state index in [0.717, 1.165) is 4.90 Å². The summed E-state index contributed by atoms with van der Waals surface area (Å²) in [6, 6.07) is 4.62. The van der Waals surface area contributed by atoms with Crippen LogP contribution in [0.25, 0.3) is 11.1 Å². The number of aryl methyl sites for hydroxylation is 1. The molecular weight excluding hydrogens is 377 g/mol. The van der Waals surface area contributed by atoms with Gasteiger partial charge in [0.1, 0.15) is 0 Å². The molecule has 150 valence electrons. The Morgan fingerprint density at radius 2 is 1.96 bits per heavy atom. The van der Waals surface area contributed by atoms with Crippen LogP contribution in [0.4, 0.5) is 29.3 Å². The molecule has 0 radical (unpaired) electrons. The Bertz CT molecular complexity index is 910. The molecule has 1 N–H and O–H groups in total. The van der Waals surface area contributed by atoms with Crippen LogP contribution in [-0.4, -0.2) is 45.7 Å². The second-order valence-corrected chi connectivity index (χ2v) is 6.69. The highest BCUT2D eigenvalue weighted by Crippen LogP contribution is 2.38. The minimum atomic E-state index is -4.27. The lowest BCUT2D eigenvalue weighted by Gasteiger charge is -2.39. The molecule has 28 heavy (non-hydrogen) atoms. The molecule has 0 saturated carbocycles. The van der Waals surface area contributed by atoms with Crippen LogP contribution in [0.5, 0.6) is 0 Å². The van der Waals surface area contributed by atoms with Crippen LogP contribution in [-0.2, 0) is 11.3 Å². The van der Waals surface area contributed by atoms with Crippen molar-refractivity contribution in [2.24, 2.45) is 0 Å². The summed E-state index contributed by atoms with van der Waals surface area (Å²) in [6.07, 6.45) is -3.50. The smallest absolute Gasteiger partial charge is 0.411 e. The van der Waals surface area contributed by atoms with Gasteiger partial charge < -0.3 is 10.0 Å².